The minimum Gasteiger partial charge on any atom is -0.496 e. The van der Waals surface area contributed by atoms with Gasteiger partial charge in [0.2, 0.25) is 0 Å². The molecule has 4 nitrogen and oxygen atoms in total. The summed E-state index contributed by atoms with van der Waals surface area (Å²) in [5, 5.41) is 0.962. The third kappa shape index (κ3) is 3.97. The van der Waals surface area contributed by atoms with E-state index in [0.717, 1.165) is 37.1 Å². The Hall–Kier alpha value is -2.59. The molecule has 2 aromatic carbocycles. The molecule has 0 bridgehead atoms. The normalized spacial score (nSPS) is 16.3. The number of likely N-dealkylation sites (N-methyl/N-ethyl adjacent to an activating group) is 1. The zero-order valence-corrected chi connectivity index (χ0v) is 16.6. The van der Waals surface area contributed by atoms with Crippen LogP contribution in [0, 0.1) is 0 Å². The second-order valence-corrected chi connectivity index (χ2v) is 7.76. The van der Waals surface area contributed by atoms with E-state index in [1.807, 2.05) is 18.2 Å². The van der Waals surface area contributed by atoms with Gasteiger partial charge in [-0.1, -0.05) is 24.3 Å². The zero-order valence-electron chi connectivity index (χ0n) is 16.6. The number of rotatable bonds is 6. The van der Waals surface area contributed by atoms with Gasteiger partial charge in [0.05, 0.1) is 7.11 Å². The summed E-state index contributed by atoms with van der Waals surface area (Å²) in [6, 6.07) is 15.9. The van der Waals surface area contributed by atoms with Crippen LogP contribution in [-0.2, 0) is 12.8 Å². The molecule has 28 heavy (non-hydrogen) atoms. The van der Waals surface area contributed by atoms with Crippen molar-refractivity contribution in [3.8, 4) is 5.75 Å². The highest BCUT2D eigenvalue weighted by atomic mass is 16.5. The maximum absolute atomic E-state index is 11.4. The highest BCUT2D eigenvalue weighted by Crippen LogP contribution is 2.36. The van der Waals surface area contributed by atoms with Gasteiger partial charge in [-0.25, -0.2) is 4.79 Å². The van der Waals surface area contributed by atoms with E-state index in [2.05, 4.69) is 36.2 Å². The molecule has 3 aromatic rings. The fourth-order valence-electron chi connectivity index (χ4n) is 4.34. The van der Waals surface area contributed by atoms with E-state index in [9.17, 15) is 4.79 Å². The molecule has 0 amide bonds. The number of methoxy groups -OCH3 is 1. The molecule has 1 unspecified atom stereocenters. The average molecular weight is 377 g/mol. The van der Waals surface area contributed by atoms with Gasteiger partial charge in [0, 0.05) is 24.5 Å². The van der Waals surface area contributed by atoms with Gasteiger partial charge in [0.25, 0.3) is 0 Å². The summed E-state index contributed by atoms with van der Waals surface area (Å²) < 4.78 is 10.9. The predicted molar refractivity (Wildman–Crippen MR) is 112 cm³/mol. The number of ether oxygens (including phenoxy) is 1. The van der Waals surface area contributed by atoms with E-state index < -0.39 is 0 Å². The Morgan fingerprint density at radius 3 is 2.89 bits per heavy atom. The average Bonchev–Trinajstić information content (AvgIpc) is 2.71. The van der Waals surface area contributed by atoms with E-state index in [4.69, 9.17) is 9.15 Å². The molecule has 1 aromatic heterocycles. The minimum atomic E-state index is -0.298. The highest BCUT2D eigenvalue weighted by molar-refractivity contribution is 5.76. The number of hydrogen-bond donors (Lipinski definition) is 0. The van der Waals surface area contributed by atoms with Crippen molar-refractivity contribution in [2.45, 2.75) is 31.6 Å². The topological polar surface area (TPSA) is 42.7 Å². The maximum Gasteiger partial charge on any atom is 0.336 e. The van der Waals surface area contributed by atoms with Gasteiger partial charge in [0.15, 0.2) is 0 Å². The zero-order chi connectivity index (χ0) is 19.5. The molecule has 0 spiro atoms. The van der Waals surface area contributed by atoms with E-state index in [1.54, 1.807) is 7.11 Å². The molecular formula is C24H27NO3. The van der Waals surface area contributed by atoms with Gasteiger partial charge in [0.1, 0.15) is 11.3 Å². The molecule has 0 N–H and O–H groups in total. The molecule has 0 saturated carbocycles. The van der Waals surface area contributed by atoms with Crippen LogP contribution >= 0.6 is 0 Å². The summed E-state index contributed by atoms with van der Waals surface area (Å²) in [5.41, 5.74) is 4.40. The van der Waals surface area contributed by atoms with Crippen molar-refractivity contribution in [3.05, 3.63) is 75.6 Å². The Balaban J connectivity index is 1.42. The Labute approximate surface area is 165 Å². The van der Waals surface area contributed by atoms with Crippen LogP contribution in [0.25, 0.3) is 11.0 Å². The summed E-state index contributed by atoms with van der Waals surface area (Å²) in [6.07, 6.45) is 4.49. The minimum absolute atomic E-state index is 0.298. The van der Waals surface area contributed by atoms with Crippen molar-refractivity contribution < 1.29 is 9.15 Å². The van der Waals surface area contributed by atoms with Gasteiger partial charge < -0.3 is 14.1 Å². The van der Waals surface area contributed by atoms with Crippen LogP contribution in [-0.4, -0.2) is 32.1 Å². The monoisotopic (exact) mass is 377 g/mol. The lowest BCUT2D eigenvalue weighted by molar-refractivity contribution is 0.299. The summed E-state index contributed by atoms with van der Waals surface area (Å²) >= 11 is 0. The quantitative estimate of drug-likeness (QED) is 0.597. The number of benzene rings is 2. The Morgan fingerprint density at radius 1 is 1.18 bits per heavy atom. The number of hydrogen-bond acceptors (Lipinski definition) is 4. The van der Waals surface area contributed by atoms with Crippen LogP contribution in [0.1, 0.15) is 35.4 Å². The van der Waals surface area contributed by atoms with Gasteiger partial charge in [-0.2, -0.15) is 0 Å². The van der Waals surface area contributed by atoms with Crippen molar-refractivity contribution in [1.82, 2.24) is 4.90 Å². The third-order valence-corrected chi connectivity index (χ3v) is 5.81. The molecule has 4 heteroatoms. The summed E-state index contributed by atoms with van der Waals surface area (Å²) in [7, 11) is 3.95. The smallest absolute Gasteiger partial charge is 0.336 e. The number of fused-ring (bicyclic) bond motifs is 2. The van der Waals surface area contributed by atoms with Crippen LogP contribution < -0.4 is 10.4 Å². The third-order valence-electron chi connectivity index (χ3n) is 5.81. The van der Waals surface area contributed by atoms with Crippen molar-refractivity contribution in [3.63, 3.8) is 0 Å². The lowest BCUT2D eigenvalue weighted by atomic mass is 9.82. The molecule has 146 valence electrons. The fourth-order valence-corrected chi connectivity index (χ4v) is 4.34. The lowest BCUT2D eigenvalue weighted by Gasteiger charge is -2.30. The Kier molecular flexibility index (Phi) is 5.49. The van der Waals surface area contributed by atoms with Crippen molar-refractivity contribution in [2.75, 3.05) is 27.2 Å². The van der Waals surface area contributed by atoms with Crippen LogP contribution in [0.2, 0.25) is 0 Å². The summed E-state index contributed by atoms with van der Waals surface area (Å²) in [4.78, 5) is 13.9. The second kappa shape index (κ2) is 8.19. The van der Waals surface area contributed by atoms with Crippen molar-refractivity contribution in [1.29, 1.82) is 0 Å². The van der Waals surface area contributed by atoms with Crippen LogP contribution in [0.15, 0.2) is 57.7 Å². The van der Waals surface area contributed by atoms with E-state index in [0.29, 0.717) is 11.5 Å². The summed E-state index contributed by atoms with van der Waals surface area (Å²) in [5.74, 6) is 1.58. The maximum atomic E-state index is 11.4. The van der Waals surface area contributed by atoms with Gasteiger partial charge >= 0.3 is 5.63 Å². The molecule has 1 heterocycles. The van der Waals surface area contributed by atoms with Gasteiger partial charge in [-0.05, 0) is 73.5 Å². The van der Waals surface area contributed by atoms with Gasteiger partial charge in [-0.3, -0.25) is 0 Å². The molecule has 1 aliphatic carbocycles. The Morgan fingerprint density at radius 2 is 2.04 bits per heavy atom. The van der Waals surface area contributed by atoms with Gasteiger partial charge in [-0.15, -0.1) is 0 Å². The van der Waals surface area contributed by atoms with Crippen LogP contribution in [0.4, 0.5) is 0 Å². The van der Waals surface area contributed by atoms with Crippen LogP contribution in [0.3, 0.4) is 0 Å². The Bertz CT molecular complexity index is 1020. The highest BCUT2D eigenvalue weighted by Gasteiger charge is 2.23. The molecule has 0 aliphatic heterocycles. The SMILES string of the molecule is COc1cccc2c1CCCC2CN(C)CCc1ccc2ccc(=O)oc2c1. The lowest BCUT2D eigenvalue weighted by Crippen LogP contribution is -2.28. The largest absolute Gasteiger partial charge is 0.496 e. The molecule has 1 aliphatic rings. The summed E-state index contributed by atoms with van der Waals surface area (Å²) in [6.45, 7) is 2.02. The van der Waals surface area contributed by atoms with E-state index in [1.165, 1.54) is 35.6 Å². The molecular weight excluding hydrogens is 350 g/mol. The van der Waals surface area contributed by atoms with E-state index in [-0.39, 0.29) is 5.63 Å². The van der Waals surface area contributed by atoms with Crippen LogP contribution in [0.5, 0.6) is 5.75 Å². The first-order chi connectivity index (χ1) is 13.6. The molecule has 0 saturated heterocycles. The first-order valence-electron chi connectivity index (χ1n) is 10.0. The molecule has 0 radical (unpaired) electrons. The molecule has 0 fully saturated rings. The number of nitrogens with zero attached hydrogens (tertiary/aromatic N) is 1. The van der Waals surface area contributed by atoms with Crippen molar-refractivity contribution in [2.24, 2.45) is 0 Å². The first kappa shape index (κ1) is 18.8. The fraction of sp³-hybridized carbons (Fsp3) is 0.375. The van der Waals surface area contributed by atoms with Crippen molar-refractivity contribution >= 4 is 11.0 Å². The molecule has 1 atom stereocenters. The van der Waals surface area contributed by atoms with E-state index >= 15 is 0 Å². The standard InChI is InChI=1S/C24H27NO3/c1-25(14-13-17-9-10-18-11-12-24(26)28-23(18)15-17)16-19-5-3-7-21-20(19)6-4-8-22(21)27-2/h4,6,8-12,15,19H,3,5,7,13-14,16H2,1-2H3. The second-order valence-electron chi connectivity index (χ2n) is 7.76. The predicted octanol–water partition coefficient (Wildman–Crippen LogP) is 4.40. The first-order valence-corrected chi connectivity index (χ1v) is 10.0. The molecule has 4 rings (SSSR count).